The number of nitrogens with one attached hydrogen (secondary N) is 1. The molecular formula is C22H21N5O4. The molecule has 3 N–H and O–H groups in total. The second-order valence-electron chi connectivity index (χ2n) is 6.68. The van der Waals surface area contributed by atoms with E-state index in [-0.39, 0.29) is 17.2 Å². The number of esters is 2. The molecule has 2 aromatic rings. The van der Waals surface area contributed by atoms with E-state index in [4.69, 9.17) is 15.3 Å². The number of benzene rings is 2. The fourth-order valence-electron chi connectivity index (χ4n) is 3.65. The number of methoxy groups -OCH3 is 2. The van der Waals surface area contributed by atoms with E-state index < -0.39 is 18.0 Å². The van der Waals surface area contributed by atoms with Crippen molar-refractivity contribution in [2.24, 2.45) is 10.8 Å². The fourth-order valence-corrected chi connectivity index (χ4v) is 3.65. The van der Waals surface area contributed by atoms with Crippen LogP contribution in [0.5, 0.6) is 0 Å². The summed E-state index contributed by atoms with van der Waals surface area (Å²) in [5.41, 5.74) is 4.78. The lowest BCUT2D eigenvalue weighted by Gasteiger charge is -2.37. The Morgan fingerprint density at radius 3 is 2.16 bits per heavy atom. The zero-order chi connectivity index (χ0) is 22.0. The van der Waals surface area contributed by atoms with Crippen molar-refractivity contribution < 1.29 is 19.1 Å². The van der Waals surface area contributed by atoms with Gasteiger partial charge in [-0.3, -0.25) is 5.43 Å². The van der Waals surface area contributed by atoms with Crippen molar-refractivity contribution in [2.75, 3.05) is 19.2 Å². The molecule has 2 aliphatic rings. The molecule has 4 rings (SSSR count). The highest BCUT2D eigenvalue weighted by molar-refractivity contribution is 6.08. The summed E-state index contributed by atoms with van der Waals surface area (Å²) < 4.78 is 10.0. The molecule has 1 unspecified atom stereocenters. The monoisotopic (exact) mass is 419 g/mol. The van der Waals surface area contributed by atoms with Gasteiger partial charge in [0.15, 0.2) is 5.70 Å². The van der Waals surface area contributed by atoms with Crippen LogP contribution in [0.2, 0.25) is 0 Å². The van der Waals surface area contributed by atoms with E-state index in [1.807, 2.05) is 48.5 Å². The summed E-state index contributed by atoms with van der Waals surface area (Å²) >= 11 is 0. The number of anilines is 1. The Morgan fingerprint density at radius 1 is 0.968 bits per heavy atom. The summed E-state index contributed by atoms with van der Waals surface area (Å²) in [7, 11) is 2.52. The van der Waals surface area contributed by atoms with Crippen LogP contribution in [-0.2, 0) is 19.1 Å². The molecule has 0 saturated carbocycles. The third-order valence-electron chi connectivity index (χ3n) is 4.98. The van der Waals surface area contributed by atoms with Gasteiger partial charge < -0.3 is 9.47 Å². The Balaban J connectivity index is 1.96. The Morgan fingerprint density at radius 2 is 1.58 bits per heavy atom. The molecule has 1 atom stereocenters. The topological polar surface area (TPSA) is 109 Å². The van der Waals surface area contributed by atoms with E-state index in [2.05, 4.69) is 10.4 Å². The average Bonchev–Trinajstić information content (AvgIpc) is 3.18. The minimum Gasteiger partial charge on any atom is -0.466 e. The van der Waals surface area contributed by atoms with Crippen LogP contribution in [0.25, 0.3) is 5.70 Å². The quantitative estimate of drug-likeness (QED) is 0.437. The maximum atomic E-state index is 12.9. The first-order chi connectivity index (χ1) is 15.1. The first kappa shape index (κ1) is 20.2. The zero-order valence-electron chi connectivity index (χ0n) is 17.0. The summed E-state index contributed by atoms with van der Waals surface area (Å²) in [6, 6.07) is 17.8. The number of ether oxygens (including phenoxy) is 2. The number of hydrazine groups is 2. The van der Waals surface area contributed by atoms with Crippen molar-refractivity contribution in [1.82, 2.24) is 10.4 Å². The summed E-state index contributed by atoms with van der Waals surface area (Å²) in [5, 5.41) is 3.18. The van der Waals surface area contributed by atoms with Gasteiger partial charge in [0.25, 0.3) is 0 Å². The van der Waals surface area contributed by atoms with Gasteiger partial charge in [0.05, 0.1) is 31.2 Å². The molecule has 9 nitrogen and oxygen atoms in total. The number of carbonyl (C=O) groups excluding carboxylic acids is 2. The Kier molecular flexibility index (Phi) is 5.42. The van der Waals surface area contributed by atoms with Crippen LogP contribution in [0, 0.1) is 0 Å². The zero-order valence-corrected chi connectivity index (χ0v) is 17.0. The molecule has 0 fully saturated rings. The molecule has 0 radical (unpaired) electrons. The van der Waals surface area contributed by atoms with E-state index >= 15 is 0 Å². The fraction of sp³-hybridized carbons (Fsp3) is 0.136. The highest BCUT2D eigenvalue weighted by atomic mass is 16.5. The van der Waals surface area contributed by atoms with Crippen LogP contribution < -0.4 is 16.3 Å². The molecule has 0 spiro atoms. The second kappa shape index (κ2) is 8.33. The van der Waals surface area contributed by atoms with Crippen molar-refractivity contribution in [3.05, 3.63) is 83.6 Å². The largest absolute Gasteiger partial charge is 0.466 e. The summed E-state index contributed by atoms with van der Waals surface area (Å²) in [5.74, 6) is 4.72. The smallest absolute Gasteiger partial charge is 0.357 e. The first-order valence-corrected chi connectivity index (χ1v) is 9.48. The predicted octanol–water partition coefficient (Wildman–Crippen LogP) is 1.57. The van der Waals surface area contributed by atoms with E-state index in [1.165, 1.54) is 14.2 Å². The minimum atomic E-state index is -0.708. The number of rotatable bonds is 4. The SMILES string of the molecule is COC(=O)C1=C(C(=O)OC)N(c2ccccc2)N2C(NN)=NC(c3ccccc3)=CC12. The molecule has 0 bridgehead atoms. The van der Waals surface area contributed by atoms with Crippen molar-refractivity contribution in [1.29, 1.82) is 0 Å². The van der Waals surface area contributed by atoms with Gasteiger partial charge in [0.2, 0.25) is 5.96 Å². The van der Waals surface area contributed by atoms with Gasteiger partial charge in [-0.15, -0.1) is 0 Å². The van der Waals surface area contributed by atoms with Crippen LogP contribution >= 0.6 is 0 Å². The van der Waals surface area contributed by atoms with Crippen LogP contribution in [-0.4, -0.2) is 43.2 Å². The maximum Gasteiger partial charge on any atom is 0.357 e. The standard InChI is InChI=1S/C22H21N5O4/c1-30-20(28)18-17-13-16(14-9-5-3-6-10-14)24-22(25-23)27(17)26(19(18)21(29)31-2)15-11-7-4-8-12-15/h3-13,17H,23H2,1-2H3,(H,24,25). The molecule has 0 amide bonds. The molecular weight excluding hydrogens is 398 g/mol. The molecule has 158 valence electrons. The maximum absolute atomic E-state index is 12.9. The second-order valence-corrected chi connectivity index (χ2v) is 6.68. The van der Waals surface area contributed by atoms with Gasteiger partial charge in [0.1, 0.15) is 6.04 Å². The van der Waals surface area contributed by atoms with Crippen molar-refractivity contribution in [3.8, 4) is 0 Å². The third-order valence-corrected chi connectivity index (χ3v) is 4.98. The van der Waals surface area contributed by atoms with Crippen LogP contribution in [0.15, 0.2) is 83.0 Å². The number of carbonyl (C=O) groups is 2. The Bertz CT molecular complexity index is 1100. The summed E-state index contributed by atoms with van der Waals surface area (Å²) in [6.07, 6.45) is 1.79. The van der Waals surface area contributed by atoms with E-state index in [0.717, 1.165) is 5.56 Å². The van der Waals surface area contributed by atoms with Gasteiger partial charge >= 0.3 is 11.9 Å². The lowest BCUT2D eigenvalue weighted by atomic mass is 10.0. The van der Waals surface area contributed by atoms with Crippen LogP contribution in [0.1, 0.15) is 5.56 Å². The normalized spacial score (nSPS) is 17.6. The lowest BCUT2D eigenvalue weighted by Crippen LogP contribution is -2.55. The predicted molar refractivity (Wildman–Crippen MR) is 115 cm³/mol. The van der Waals surface area contributed by atoms with Crippen molar-refractivity contribution in [2.45, 2.75) is 6.04 Å². The van der Waals surface area contributed by atoms with Gasteiger partial charge in [-0.05, 0) is 18.2 Å². The van der Waals surface area contributed by atoms with E-state index in [0.29, 0.717) is 11.4 Å². The molecule has 0 aromatic heterocycles. The minimum absolute atomic E-state index is 0.0269. The molecule has 2 aliphatic heterocycles. The first-order valence-electron chi connectivity index (χ1n) is 9.48. The molecule has 2 heterocycles. The number of hydrogen-bond donors (Lipinski definition) is 2. The van der Waals surface area contributed by atoms with Crippen LogP contribution in [0.4, 0.5) is 5.69 Å². The molecule has 31 heavy (non-hydrogen) atoms. The number of nitrogens with zero attached hydrogens (tertiary/aromatic N) is 3. The van der Waals surface area contributed by atoms with Gasteiger partial charge in [-0.1, -0.05) is 48.5 Å². The van der Waals surface area contributed by atoms with E-state index in [1.54, 1.807) is 28.2 Å². The number of guanidine groups is 1. The van der Waals surface area contributed by atoms with Crippen molar-refractivity contribution in [3.63, 3.8) is 0 Å². The van der Waals surface area contributed by atoms with Crippen molar-refractivity contribution >= 4 is 29.3 Å². The van der Waals surface area contributed by atoms with E-state index in [9.17, 15) is 9.59 Å². The van der Waals surface area contributed by atoms with Gasteiger partial charge in [-0.2, -0.15) is 0 Å². The lowest BCUT2D eigenvalue weighted by molar-refractivity contribution is -0.139. The number of fused-ring (bicyclic) bond motifs is 1. The molecule has 9 heteroatoms. The number of nitrogens with two attached hydrogens (primary N) is 1. The summed E-state index contributed by atoms with van der Waals surface area (Å²) in [6.45, 7) is 0. The molecule has 2 aromatic carbocycles. The van der Waals surface area contributed by atoms with Gasteiger partial charge in [-0.25, -0.2) is 30.4 Å². The Hall–Kier alpha value is -4.11. The van der Waals surface area contributed by atoms with Gasteiger partial charge in [0, 0.05) is 5.56 Å². The molecule has 0 aliphatic carbocycles. The number of para-hydroxylation sites is 1. The highest BCUT2D eigenvalue weighted by Crippen LogP contribution is 2.39. The Labute approximate surface area is 179 Å². The number of aliphatic imine (C=N–C) groups is 1. The third kappa shape index (κ3) is 3.40. The summed E-state index contributed by atoms with van der Waals surface area (Å²) in [4.78, 5) is 30.3. The van der Waals surface area contributed by atoms with Crippen LogP contribution in [0.3, 0.4) is 0 Å². The molecule has 0 saturated heterocycles. The number of hydrogen-bond acceptors (Lipinski definition) is 9. The highest BCUT2D eigenvalue weighted by Gasteiger charge is 2.48. The average molecular weight is 419 g/mol.